The van der Waals surface area contributed by atoms with Crippen molar-refractivity contribution in [2.75, 3.05) is 51.3 Å². The fraction of sp³-hybridized carbons (Fsp3) is 0.385. The fourth-order valence-electron chi connectivity index (χ4n) is 5.08. The van der Waals surface area contributed by atoms with E-state index in [9.17, 15) is 9.59 Å². The number of rotatable bonds is 6. The van der Waals surface area contributed by atoms with Crippen molar-refractivity contribution < 1.29 is 14.3 Å². The summed E-state index contributed by atoms with van der Waals surface area (Å²) in [5.74, 6) is 0.734. The molecule has 5 rings (SSSR count). The van der Waals surface area contributed by atoms with Crippen molar-refractivity contribution in [3.8, 4) is 5.75 Å². The summed E-state index contributed by atoms with van der Waals surface area (Å²) in [5, 5.41) is 1.78. The zero-order valence-corrected chi connectivity index (χ0v) is 20.1. The number of amides is 2. The first-order valence-electron chi connectivity index (χ1n) is 11.7. The Morgan fingerprint density at radius 2 is 1.94 bits per heavy atom. The molecule has 3 heterocycles. The molecule has 2 aliphatic rings. The number of aromatic nitrogens is 1. The van der Waals surface area contributed by atoms with Gasteiger partial charge in [0.25, 0.3) is 0 Å². The van der Waals surface area contributed by atoms with Crippen molar-refractivity contribution in [3.63, 3.8) is 0 Å². The van der Waals surface area contributed by atoms with Crippen LogP contribution in [0.5, 0.6) is 5.75 Å². The molecule has 2 fully saturated rings. The van der Waals surface area contributed by atoms with Gasteiger partial charge in [0.15, 0.2) is 0 Å². The molecule has 7 nitrogen and oxygen atoms in total. The van der Waals surface area contributed by atoms with Crippen LogP contribution < -0.4 is 9.64 Å². The van der Waals surface area contributed by atoms with E-state index < -0.39 is 0 Å². The number of hydrogen-bond acceptors (Lipinski definition) is 4. The van der Waals surface area contributed by atoms with E-state index in [-0.39, 0.29) is 17.7 Å². The molecular weight excluding hydrogens is 452 g/mol. The van der Waals surface area contributed by atoms with Crippen LogP contribution >= 0.6 is 11.6 Å². The molecule has 0 aliphatic carbocycles. The molecule has 2 amide bonds. The molecule has 3 aromatic rings. The van der Waals surface area contributed by atoms with Crippen LogP contribution in [0.3, 0.4) is 0 Å². The van der Waals surface area contributed by atoms with Gasteiger partial charge in [-0.3, -0.25) is 9.59 Å². The van der Waals surface area contributed by atoms with Gasteiger partial charge in [0, 0.05) is 67.8 Å². The highest BCUT2D eigenvalue weighted by Crippen LogP contribution is 2.29. The van der Waals surface area contributed by atoms with Crippen molar-refractivity contribution in [3.05, 3.63) is 59.2 Å². The number of hydrogen-bond donors (Lipinski definition) is 1. The van der Waals surface area contributed by atoms with E-state index in [4.69, 9.17) is 16.3 Å². The first-order valence-corrected chi connectivity index (χ1v) is 12.1. The monoisotopic (exact) mass is 480 g/mol. The second-order valence-corrected chi connectivity index (χ2v) is 9.42. The minimum Gasteiger partial charge on any atom is -0.495 e. The summed E-state index contributed by atoms with van der Waals surface area (Å²) in [6.07, 6.45) is 3.00. The lowest BCUT2D eigenvalue weighted by molar-refractivity contribution is -0.136. The molecule has 1 atom stereocenters. The fourth-order valence-corrected chi connectivity index (χ4v) is 5.26. The number of likely N-dealkylation sites (tertiary alicyclic amines) is 1. The molecule has 0 spiro atoms. The minimum atomic E-state index is -0.261. The molecule has 0 radical (unpaired) electrons. The van der Waals surface area contributed by atoms with Gasteiger partial charge in [-0.2, -0.15) is 0 Å². The van der Waals surface area contributed by atoms with E-state index in [2.05, 4.69) is 9.88 Å². The molecule has 34 heavy (non-hydrogen) atoms. The number of anilines is 1. The summed E-state index contributed by atoms with van der Waals surface area (Å²) in [7, 11) is 1.68. The van der Waals surface area contributed by atoms with Crippen LogP contribution in [0.1, 0.15) is 12.0 Å². The average Bonchev–Trinajstić information content (AvgIpc) is 3.44. The Kier molecular flexibility index (Phi) is 6.37. The number of aromatic amines is 1. The molecule has 2 aromatic carbocycles. The zero-order chi connectivity index (χ0) is 23.7. The van der Waals surface area contributed by atoms with Crippen LogP contribution in [0.25, 0.3) is 10.9 Å². The number of ether oxygens (including phenoxy) is 1. The highest BCUT2D eigenvalue weighted by atomic mass is 35.5. The largest absolute Gasteiger partial charge is 0.495 e. The number of halogens is 1. The molecule has 8 heteroatoms. The second kappa shape index (κ2) is 9.58. The summed E-state index contributed by atoms with van der Waals surface area (Å²) in [6.45, 7) is 3.89. The Morgan fingerprint density at radius 1 is 1.15 bits per heavy atom. The molecule has 0 unspecified atom stereocenters. The number of fused-ring (bicyclic) bond motifs is 1. The number of nitrogens with one attached hydrogen (secondary N) is 1. The third-order valence-electron chi connectivity index (χ3n) is 6.96. The summed E-state index contributed by atoms with van der Waals surface area (Å²) in [4.78, 5) is 35.1. The highest BCUT2D eigenvalue weighted by Gasteiger charge is 2.37. The zero-order valence-electron chi connectivity index (χ0n) is 19.3. The molecular formula is C26H29ClN4O3. The Bertz CT molecular complexity index is 1200. The number of carbonyl (C=O) groups excluding carboxylic acids is 2. The lowest BCUT2D eigenvalue weighted by atomic mass is 10.1. The number of carbonyl (C=O) groups is 2. The van der Waals surface area contributed by atoms with Gasteiger partial charge >= 0.3 is 0 Å². The van der Waals surface area contributed by atoms with Gasteiger partial charge in [-0.15, -0.1) is 0 Å². The van der Waals surface area contributed by atoms with E-state index >= 15 is 0 Å². The standard InChI is InChI=1S/C26H29ClN4O3/c1-34-24-5-3-2-4-23(24)29-10-12-30(13-11-29)26(33)19-14-25(32)31(17-19)9-8-18-16-28-22-7-6-20(27)15-21(18)22/h2-7,15-16,19,28H,8-14,17H2,1H3/t19-/m0/s1. The lowest BCUT2D eigenvalue weighted by Crippen LogP contribution is -2.50. The van der Waals surface area contributed by atoms with Crippen LogP contribution in [-0.2, 0) is 16.0 Å². The summed E-state index contributed by atoms with van der Waals surface area (Å²) < 4.78 is 5.48. The first kappa shape index (κ1) is 22.6. The van der Waals surface area contributed by atoms with Crippen LogP contribution in [0.4, 0.5) is 5.69 Å². The number of methoxy groups -OCH3 is 1. The molecule has 2 saturated heterocycles. The Balaban J connectivity index is 1.16. The maximum atomic E-state index is 13.2. The van der Waals surface area contributed by atoms with Crippen molar-refractivity contribution in [1.82, 2.24) is 14.8 Å². The van der Waals surface area contributed by atoms with E-state index in [1.807, 2.05) is 58.5 Å². The Labute approximate surface area is 204 Å². The normalized spacial score (nSPS) is 18.7. The smallest absolute Gasteiger partial charge is 0.228 e. The summed E-state index contributed by atoms with van der Waals surface area (Å²) >= 11 is 6.15. The van der Waals surface area contributed by atoms with Crippen LogP contribution in [0.15, 0.2) is 48.7 Å². The topological polar surface area (TPSA) is 68.9 Å². The molecule has 0 bridgehead atoms. The van der Waals surface area contributed by atoms with Crippen molar-refractivity contribution in [2.45, 2.75) is 12.8 Å². The highest BCUT2D eigenvalue weighted by molar-refractivity contribution is 6.31. The maximum Gasteiger partial charge on any atom is 0.228 e. The van der Waals surface area contributed by atoms with E-state index in [0.29, 0.717) is 37.6 Å². The number of nitrogens with zero attached hydrogens (tertiary/aromatic N) is 3. The molecule has 178 valence electrons. The maximum absolute atomic E-state index is 13.2. The number of benzene rings is 2. The first-order chi connectivity index (χ1) is 16.5. The van der Waals surface area contributed by atoms with Gasteiger partial charge in [-0.05, 0) is 42.3 Å². The molecule has 0 saturated carbocycles. The molecule has 1 aromatic heterocycles. The van der Waals surface area contributed by atoms with E-state index in [0.717, 1.165) is 47.4 Å². The van der Waals surface area contributed by atoms with Crippen molar-refractivity contribution >= 4 is 40.0 Å². The second-order valence-electron chi connectivity index (χ2n) is 8.98. The van der Waals surface area contributed by atoms with Crippen LogP contribution in [0.2, 0.25) is 5.02 Å². The van der Waals surface area contributed by atoms with Gasteiger partial charge in [0.2, 0.25) is 11.8 Å². The van der Waals surface area contributed by atoms with Gasteiger partial charge < -0.3 is 24.4 Å². The van der Waals surface area contributed by atoms with Crippen LogP contribution in [0, 0.1) is 5.92 Å². The number of H-pyrrole nitrogens is 1. The van der Waals surface area contributed by atoms with Crippen LogP contribution in [-0.4, -0.2) is 73.0 Å². The lowest BCUT2D eigenvalue weighted by Gasteiger charge is -2.37. The predicted molar refractivity (Wildman–Crippen MR) is 133 cm³/mol. The van der Waals surface area contributed by atoms with Crippen molar-refractivity contribution in [1.29, 1.82) is 0 Å². The van der Waals surface area contributed by atoms with Crippen molar-refractivity contribution in [2.24, 2.45) is 5.92 Å². The Morgan fingerprint density at radius 3 is 2.74 bits per heavy atom. The minimum absolute atomic E-state index is 0.0591. The van der Waals surface area contributed by atoms with E-state index in [1.165, 1.54) is 0 Å². The third kappa shape index (κ3) is 4.44. The van der Waals surface area contributed by atoms with Gasteiger partial charge in [-0.25, -0.2) is 0 Å². The number of piperazine rings is 1. The van der Waals surface area contributed by atoms with E-state index in [1.54, 1.807) is 7.11 Å². The summed E-state index contributed by atoms with van der Waals surface area (Å²) in [6, 6.07) is 13.7. The quantitative estimate of drug-likeness (QED) is 0.585. The SMILES string of the molecule is COc1ccccc1N1CCN(C(=O)[C@H]2CC(=O)N(CCc3c[nH]c4ccc(Cl)cc34)C2)CC1. The van der Waals surface area contributed by atoms with Gasteiger partial charge in [0.1, 0.15) is 5.75 Å². The molecule has 1 N–H and O–H groups in total. The number of para-hydroxylation sites is 2. The molecule has 2 aliphatic heterocycles. The average molecular weight is 481 g/mol. The third-order valence-corrected chi connectivity index (χ3v) is 7.20. The van der Waals surface area contributed by atoms with Gasteiger partial charge in [-0.1, -0.05) is 23.7 Å². The Hall–Kier alpha value is -3.19. The predicted octanol–water partition coefficient (Wildman–Crippen LogP) is 3.57. The summed E-state index contributed by atoms with van der Waals surface area (Å²) in [5.41, 5.74) is 3.22. The van der Waals surface area contributed by atoms with Gasteiger partial charge in [0.05, 0.1) is 18.7 Å².